The molecule has 1 aliphatic rings. The Labute approximate surface area is 132 Å². The molecule has 3 rings (SSSR count). The van der Waals surface area contributed by atoms with Crippen molar-refractivity contribution in [3.05, 3.63) is 59.1 Å². The van der Waals surface area contributed by atoms with Crippen LogP contribution < -0.4 is 0 Å². The molecule has 0 N–H and O–H groups in total. The third-order valence-corrected chi connectivity index (χ3v) is 7.52. The number of fused-ring (bicyclic) bond motifs is 1. The van der Waals surface area contributed by atoms with Gasteiger partial charge in [-0.1, -0.05) is 23.7 Å². The van der Waals surface area contributed by atoms with Crippen molar-refractivity contribution >= 4 is 37.6 Å². The van der Waals surface area contributed by atoms with E-state index in [9.17, 15) is 21.6 Å². The average molecular weight is 358 g/mol. The summed E-state index contributed by atoms with van der Waals surface area (Å²) >= 11 is 5.69. The molecule has 1 aliphatic heterocycles. The Morgan fingerprint density at radius 2 is 1.55 bits per heavy atom. The molecule has 0 fully saturated rings. The van der Waals surface area contributed by atoms with Gasteiger partial charge < -0.3 is 0 Å². The van der Waals surface area contributed by atoms with Gasteiger partial charge in [0, 0.05) is 5.02 Å². The van der Waals surface area contributed by atoms with Crippen molar-refractivity contribution in [2.24, 2.45) is 0 Å². The van der Waals surface area contributed by atoms with Crippen LogP contribution in [0.5, 0.6) is 0 Å². The third kappa shape index (κ3) is 2.03. The van der Waals surface area contributed by atoms with Crippen LogP contribution in [0.4, 0.5) is 0 Å². The largest absolute Gasteiger partial charge is 0.283 e. The van der Waals surface area contributed by atoms with Crippen LogP contribution in [0.3, 0.4) is 0 Å². The first-order valence-electron chi connectivity index (χ1n) is 5.96. The van der Waals surface area contributed by atoms with Crippen LogP contribution in [0.15, 0.2) is 58.3 Å². The molecular formula is C13H8ClNO5S2. The van der Waals surface area contributed by atoms with E-state index in [2.05, 4.69) is 0 Å². The number of carbonyl (C=O) groups is 1. The third-order valence-electron chi connectivity index (χ3n) is 3.11. The van der Waals surface area contributed by atoms with Gasteiger partial charge in [0.2, 0.25) is 0 Å². The maximum atomic E-state index is 12.5. The number of sulfonamides is 2. The molecule has 0 aromatic heterocycles. The van der Waals surface area contributed by atoms with E-state index in [1.165, 1.54) is 36.4 Å². The average Bonchev–Trinajstić information content (AvgIpc) is 2.67. The molecule has 0 bridgehead atoms. The van der Waals surface area contributed by atoms with Crippen molar-refractivity contribution in [2.75, 3.05) is 0 Å². The zero-order valence-electron chi connectivity index (χ0n) is 10.8. The molecule has 6 nitrogen and oxygen atoms in total. The van der Waals surface area contributed by atoms with Gasteiger partial charge in [0.15, 0.2) is 0 Å². The van der Waals surface area contributed by atoms with E-state index in [-0.39, 0.29) is 24.1 Å². The number of rotatable bonds is 2. The van der Waals surface area contributed by atoms with Crippen LogP contribution in [0.2, 0.25) is 5.02 Å². The molecule has 0 spiro atoms. The molecule has 0 atom stereocenters. The quantitative estimate of drug-likeness (QED) is 0.818. The SMILES string of the molecule is O=C1c2ccccc2S(=O)(=O)N1S(=O)(=O)c1ccc(Cl)cc1. The summed E-state index contributed by atoms with van der Waals surface area (Å²) in [6.45, 7) is 0. The van der Waals surface area contributed by atoms with Crippen molar-refractivity contribution in [1.82, 2.24) is 3.71 Å². The van der Waals surface area contributed by atoms with Crippen LogP contribution in [0.1, 0.15) is 10.4 Å². The second kappa shape index (κ2) is 4.80. The van der Waals surface area contributed by atoms with E-state index in [0.717, 1.165) is 12.1 Å². The molecule has 0 saturated heterocycles. The monoisotopic (exact) mass is 357 g/mol. The van der Waals surface area contributed by atoms with Crippen molar-refractivity contribution in [3.8, 4) is 0 Å². The van der Waals surface area contributed by atoms with Crippen molar-refractivity contribution in [2.45, 2.75) is 9.79 Å². The lowest BCUT2D eigenvalue weighted by Crippen LogP contribution is -2.36. The fraction of sp³-hybridized carbons (Fsp3) is 0. The first-order chi connectivity index (χ1) is 10.3. The van der Waals surface area contributed by atoms with Crippen molar-refractivity contribution < 1.29 is 21.6 Å². The summed E-state index contributed by atoms with van der Waals surface area (Å²) in [5, 5.41) is 0.290. The number of nitrogens with zero attached hydrogens (tertiary/aromatic N) is 1. The standard InChI is InChI=1S/C13H8ClNO5S2/c14-9-5-7-10(8-6-9)21(17,18)15-13(16)11-3-1-2-4-12(11)22(15,19)20/h1-8H. The zero-order chi connectivity index (χ0) is 16.1. The number of benzene rings is 2. The summed E-state index contributed by atoms with van der Waals surface area (Å²) in [4.78, 5) is 11.6. The fourth-order valence-electron chi connectivity index (χ4n) is 2.11. The van der Waals surface area contributed by atoms with Gasteiger partial charge in [-0.2, -0.15) is 16.8 Å². The van der Waals surface area contributed by atoms with E-state index >= 15 is 0 Å². The van der Waals surface area contributed by atoms with Gasteiger partial charge in [0.1, 0.15) is 4.90 Å². The first kappa shape index (κ1) is 15.0. The van der Waals surface area contributed by atoms with E-state index in [1.54, 1.807) is 0 Å². The minimum atomic E-state index is -4.54. The topological polar surface area (TPSA) is 88.6 Å². The number of hydrogen-bond acceptors (Lipinski definition) is 5. The highest BCUT2D eigenvalue weighted by molar-refractivity contribution is 8.05. The van der Waals surface area contributed by atoms with Gasteiger partial charge in [-0.15, -0.1) is 3.71 Å². The van der Waals surface area contributed by atoms with E-state index in [1.807, 2.05) is 0 Å². The molecule has 9 heteroatoms. The van der Waals surface area contributed by atoms with E-state index in [4.69, 9.17) is 11.6 Å². The van der Waals surface area contributed by atoms with Crippen LogP contribution in [-0.2, 0) is 20.0 Å². The highest BCUT2D eigenvalue weighted by Gasteiger charge is 2.48. The summed E-state index contributed by atoms with van der Waals surface area (Å²) in [5.41, 5.74) is -0.167. The maximum absolute atomic E-state index is 12.5. The Hall–Kier alpha value is -1.90. The summed E-state index contributed by atoms with van der Waals surface area (Å²) in [6.07, 6.45) is 0. The molecule has 2 aromatic carbocycles. The van der Waals surface area contributed by atoms with Crippen LogP contribution >= 0.6 is 11.6 Å². The van der Waals surface area contributed by atoms with Crippen LogP contribution in [-0.4, -0.2) is 26.5 Å². The van der Waals surface area contributed by atoms with Gasteiger partial charge >= 0.3 is 0 Å². The van der Waals surface area contributed by atoms with Crippen LogP contribution in [0.25, 0.3) is 0 Å². The lowest BCUT2D eigenvalue weighted by Gasteiger charge is -2.15. The Balaban J connectivity index is 2.22. The molecule has 0 radical (unpaired) electrons. The molecule has 1 heterocycles. The van der Waals surface area contributed by atoms with Gasteiger partial charge in [0.05, 0.1) is 10.5 Å². The van der Waals surface area contributed by atoms with Gasteiger partial charge in [-0.25, -0.2) is 0 Å². The smallest absolute Gasteiger partial charge is 0.267 e. The molecule has 1 amide bonds. The number of hydrogen-bond donors (Lipinski definition) is 0. The zero-order valence-corrected chi connectivity index (χ0v) is 13.2. The van der Waals surface area contributed by atoms with Gasteiger partial charge in [-0.05, 0) is 36.4 Å². The molecule has 0 aliphatic carbocycles. The lowest BCUT2D eigenvalue weighted by molar-refractivity contribution is 0.0928. The molecule has 22 heavy (non-hydrogen) atoms. The number of amides is 1. The molecule has 0 unspecified atom stereocenters. The normalized spacial score (nSPS) is 16.6. The molecule has 114 valence electrons. The second-order valence-corrected chi connectivity index (χ2v) is 8.67. The Morgan fingerprint density at radius 3 is 2.14 bits per heavy atom. The minimum absolute atomic E-state index is 0.0755. The second-order valence-electron chi connectivity index (χ2n) is 4.46. The molecular weight excluding hydrogens is 350 g/mol. The predicted molar refractivity (Wildman–Crippen MR) is 78.4 cm³/mol. The first-order valence-corrected chi connectivity index (χ1v) is 9.21. The summed E-state index contributed by atoms with van der Waals surface area (Å²) < 4.78 is 49.7. The molecule has 0 saturated carbocycles. The predicted octanol–water partition coefficient (Wildman–Crippen LogP) is 1.87. The molecule has 2 aromatic rings. The summed E-state index contributed by atoms with van der Waals surface area (Å²) in [7, 11) is -8.99. The minimum Gasteiger partial charge on any atom is -0.267 e. The fourth-order valence-corrected chi connectivity index (χ4v) is 5.93. The lowest BCUT2D eigenvalue weighted by atomic mass is 10.2. The van der Waals surface area contributed by atoms with Gasteiger partial charge in [0.25, 0.3) is 26.0 Å². The number of carbonyl (C=O) groups excluding carboxylic acids is 1. The Morgan fingerprint density at radius 1 is 0.955 bits per heavy atom. The highest BCUT2D eigenvalue weighted by atomic mass is 35.5. The maximum Gasteiger partial charge on any atom is 0.283 e. The van der Waals surface area contributed by atoms with Crippen LogP contribution in [0, 0.1) is 0 Å². The Kier molecular flexibility index (Phi) is 3.28. The van der Waals surface area contributed by atoms with Crippen molar-refractivity contribution in [3.63, 3.8) is 0 Å². The van der Waals surface area contributed by atoms with E-state index in [0.29, 0.717) is 0 Å². The summed E-state index contributed by atoms with van der Waals surface area (Å²) in [6, 6.07) is 10.2. The van der Waals surface area contributed by atoms with E-state index < -0.39 is 26.0 Å². The number of halogens is 1. The van der Waals surface area contributed by atoms with Gasteiger partial charge in [-0.3, -0.25) is 4.79 Å². The highest BCUT2D eigenvalue weighted by Crippen LogP contribution is 2.34. The summed E-state index contributed by atoms with van der Waals surface area (Å²) in [5.74, 6) is -1.09. The Bertz CT molecular complexity index is 981. The van der Waals surface area contributed by atoms with Crippen molar-refractivity contribution in [1.29, 1.82) is 0 Å².